The molecule has 0 bridgehead atoms. The van der Waals surface area contributed by atoms with E-state index in [2.05, 4.69) is 18.2 Å². The number of carboxylic acid groups (broad SMARTS) is 1. The fourth-order valence-electron chi connectivity index (χ4n) is 3.52. The Morgan fingerprint density at radius 1 is 1.09 bits per heavy atom. The minimum absolute atomic E-state index is 0.207. The fraction of sp³-hybridized carbons (Fsp3) is 0.125. The van der Waals surface area contributed by atoms with Crippen molar-refractivity contribution in [1.29, 1.82) is 0 Å². The number of nitrogens with zero attached hydrogens (tertiary/aromatic N) is 1. The third-order valence-electron chi connectivity index (χ3n) is 5.34. The number of thiol groups is 1. The third kappa shape index (κ3) is 4.96. The third-order valence-corrected chi connectivity index (χ3v) is 7.61. The van der Waals surface area contributed by atoms with Gasteiger partial charge < -0.3 is 9.84 Å². The first-order valence-corrected chi connectivity index (χ1v) is 11.9. The Bertz CT molecular complexity index is 1300. The van der Waals surface area contributed by atoms with Crippen LogP contribution in [0.2, 0.25) is 0 Å². The van der Waals surface area contributed by atoms with Gasteiger partial charge >= 0.3 is 5.97 Å². The molecule has 0 amide bonds. The van der Waals surface area contributed by atoms with Gasteiger partial charge in [0.2, 0.25) is 0 Å². The number of hydrogen-bond acceptors (Lipinski definition) is 6. The summed E-state index contributed by atoms with van der Waals surface area (Å²) in [5.41, 5.74) is 6.50. The largest absolute Gasteiger partial charge is 0.489 e. The van der Waals surface area contributed by atoms with E-state index in [1.54, 1.807) is 42.5 Å². The van der Waals surface area contributed by atoms with E-state index in [4.69, 9.17) is 9.84 Å². The molecule has 2 N–H and O–H groups in total. The van der Waals surface area contributed by atoms with Crippen LogP contribution in [0.15, 0.2) is 77.7 Å². The first kappa shape index (κ1) is 23.1. The predicted molar refractivity (Wildman–Crippen MR) is 129 cm³/mol. The summed E-state index contributed by atoms with van der Waals surface area (Å²) in [5.74, 6) is -0.365. The number of ether oxygens (including phenoxy) is 1. The van der Waals surface area contributed by atoms with Crippen LogP contribution in [-0.4, -0.2) is 23.3 Å². The number of carbonyl (C=O) groups is 1. The molecule has 3 aromatic rings. The van der Waals surface area contributed by atoms with Gasteiger partial charge in [-0.05, 0) is 59.5 Å². The molecule has 1 aliphatic rings. The maximum atomic E-state index is 12.8. The van der Waals surface area contributed by atoms with Crippen LogP contribution in [0.4, 0.5) is 0 Å². The molecule has 1 aliphatic heterocycles. The monoisotopic (exact) mass is 482 g/mol. The average molecular weight is 483 g/mol. The zero-order valence-electron chi connectivity index (χ0n) is 17.7. The summed E-state index contributed by atoms with van der Waals surface area (Å²) in [5, 5.41) is 8.97. The van der Waals surface area contributed by atoms with Crippen LogP contribution in [0.5, 0.6) is 5.75 Å². The summed E-state index contributed by atoms with van der Waals surface area (Å²) in [6.45, 7) is 2.21. The zero-order valence-corrected chi connectivity index (χ0v) is 19.4. The number of benzene rings is 3. The van der Waals surface area contributed by atoms with E-state index in [9.17, 15) is 13.2 Å². The molecule has 1 fully saturated rings. The lowest BCUT2D eigenvalue weighted by molar-refractivity contribution is 0.0697. The second-order valence-corrected chi connectivity index (χ2v) is 10.0. The maximum Gasteiger partial charge on any atom is 0.335 e. The van der Waals surface area contributed by atoms with Gasteiger partial charge in [-0.25, -0.2) is 18.6 Å². The van der Waals surface area contributed by atoms with Crippen LogP contribution in [0.1, 0.15) is 38.7 Å². The lowest BCUT2D eigenvalue weighted by atomic mass is 10.0. The number of sulfonamides is 1. The SMILES string of the molecule is Cc1ccccc1C1NN(S)S(=O)(=O)/C1=C\c1ccc(OCc2ccc(C(=O)O)cc2)cc1. The van der Waals surface area contributed by atoms with Gasteiger partial charge in [0, 0.05) is 0 Å². The quantitative estimate of drug-likeness (QED) is 0.452. The summed E-state index contributed by atoms with van der Waals surface area (Å²) < 4.78 is 32.3. The maximum absolute atomic E-state index is 12.8. The van der Waals surface area contributed by atoms with Gasteiger partial charge in [0.15, 0.2) is 0 Å². The van der Waals surface area contributed by atoms with Crippen molar-refractivity contribution in [2.24, 2.45) is 0 Å². The van der Waals surface area contributed by atoms with Crippen molar-refractivity contribution in [1.82, 2.24) is 9.25 Å². The molecule has 7 nitrogen and oxygen atoms in total. The fourth-order valence-corrected chi connectivity index (χ4v) is 5.12. The normalized spacial score (nSPS) is 19.0. The molecule has 3 aromatic carbocycles. The second-order valence-electron chi connectivity index (χ2n) is 7.57. The van der Waals surface area contributed by atoms with Crippen LogP contribution < -0.4 is 10.2 Å². The van der Waals surface area contributed by atoms with E-state index in [1.165, 1.54) is 12.1 Å². The molecule has 4 rings (SSSR count). The van der Waals surface area contributed by atoms with Crippen molar-refractivity contribution in [3.63, 3.8) is 0 Å². The number of hydrogen-bond donors (Lipinski definition) is 3. The second kappa shape index (κ2) is 9.40. The first-order chi connectivity index (χ1) is 15.8. The molecular weight excluding hydrogens is 460 g/mol. The molecule has 0 radical (unpaired) electrons. The Labute approximate surface area is 197 Å². The van der Waals surface area contributed by atoms with E-state index in [1.807, 2.05) is 31.2 Å². The zero-order chi connectivity index (χ0) is 23.6. The molecule has 1 heterocycles. The van der Waals surface area contributed by atoms with Crippen LogP contribution in [-0.2, 0) is 16.6 Å². The molecule has 0 aliphatic carbocycles. The Morgan fingerprint density at radius 2 is 1.76 bits per heavy atom. The number of aromatic carboxylic acids is 1. The van der Waals surface area contributed by atoms with Gasteiger partial charge in [-0.1, -0.05) is 65.2 Å². The van der Waals surface area contributed by atoms with Crippen molar-refractivity contribution in [2.45, 2.75) is 19.6 Å². The highest BCUT2D eigenvalue weighted by Gasteiger charge is 2.41. The first-order valence-electron chi connectivity index (χ1n) is 10.1. The smallest absolute Gasteiger partial charge is 0.335 e. The van der Waals surface area contributed by atoms with Gasteiger partial charge in [0.25, 0.3) is 10.0 Å². The van der Waals surface area contributed by atoms with Crippen LogP contribution >= 0.6 is 12.8 Å². The van der Waals surface area contributed by atoms with E-state index < -0.39 is 22.0 Å². The van der Waals surface area contributed by atoms with Crippen LogP contribution in [0, 0.1) is 6.92 Å². The Kier molecular flexibility index (Phi) is 6.57. The van der Waals surface area contributed by atoms with Crippen LogP contribution in [0.3, 0.4) is 0 Å². The lowest BCUT2D eigenvalue weighted by Crippen LogP contribution is -2.26. The Hall–Kier alpha value is -3.11. The van der Waals surface area contributed by atoms with Crippen molar-refractivity contribution < 1.29 is 23.1 Å². The summed E-state index contributed by atoms with van der Waals surface area (Å²) in [7, 11) is -3.77. The Balaban J connectivity index is 1.53. The number of rotatable bonds is 6. The predicted octanol–water partition coefficient (Wildman–Crippen LogP) is 4.35. The molecule has 0 spiro atoms. The average Bonchev–Trinajstić information content (AvgIpc) is 3.02. The summed E-state index contributed by atoms with van der Waals surface area (Å²) in [6, 6.07) is 20.6. The number of aryl methyl sites for hydroxylation is 1. The Morgan fingerprint density at radius 3 is 2.39 bits per heavy atom. The van der Waals surface area contributed by atoms with E-state index in [-0.39, 0.29) is 17.1 Å². The summed E-state index contributed by atoms with van der Waals surface area (Å²) >= 11 is 4.08. The highest BCUT2D eigenvalue weighted by molar-refractivity contribution is 8.02. The topological polar surface area (TPSA) is 95.9 Å². The lowest BCUT2D eigenvalue weighted by Gasteiger charge is -2.14. The number of nitrogens with one attached hydrogen (secondary N) is 1. The highest BCUT2D eigenvalue weighted by Crippen LogP contribution is 2.38. The van der Waals surface area contributed by atoms with Gasteiger partial charge in [-0.15, -0.1) is 0 Å². The molecule has 1 saturated heterocycles. The van der Waals surface area contributed by atoms with Gasteiger partial charge in [-0.3, -0.25) is 0 Å². The molecule has 9 heteroatoms. The molecule has 1 unspecified atom stereocenters. The number of hydrazine groups is 1. The molecule has 1 atom stereocenters. The molecule has 170 valence electrons. The van der Waals surface area contributed by atoms with E-state index in [0.29, 0.717) is 11.3 Å². The standard InChI is InChI=1S/C24H22N2O5S2/c1-16-4-2-3-5-21(16)23-22(33(29,30)26(32)25-23)14-17-8-12-20(13-9-17)31-15-18-6-10-19(11-7-18)24(27)28/h2-14,23,25,32H,15H2,1H3,(H,27,28)/b22-14-. The summed E-state index contributed by atoms with van der Waals surface area (Å²) in [6.07, 6.45) is 1.63. The minimum Gasteiger partial charge on any atom is -0.489 e. The van der Waals surface area contributed by atoms with Crippen molar-refractivity contribution in [2.75, 3.05) is 0 Å². The summed E-state index contributed by atoms with van der Waals surface area (Å²) in [4.78, 5) is 11.1. The van der Waals surface area contributed by atoms with Gasteiger partial charge in [0.1, 0.15) is 12.4 Å². The van der Waals surface area contributed by atoms with Gasteiger partial charge in [-0.2, -0.15) is 0 Å². The van der Waals surface area contributed by atoms with Crippen molar-refractivity contribution >= 4 is 34.9 Å². The van der Waals surface area contributed by atoms with E-state index in [0.717, 1.165) is 20.5 Å². The highest BCUT2D eigenvalue weighted by atomic mass is 32.3. The van der Waals surface area contributed by atoms with Crippen molar-refractivity contribution in [3.8, 4) is 5.75 Å². The molecule has 33 heavy (non-hydrogen) atoms. The van der Waals surface area contributed by atoms with E-state index >= 15 is 0 Å². The van der Waals surface area contributed by atoms with Crippen LogP contribution in [0.25, 0.3) is 6.08 Å². The number of carboxylic acids is 1. The van der Waals surface area contributed by atoms with Crippen molar-refractivity contribution in [3.05, 3.63) is 106 Å². The molecular formula is C24H22N2O5S2. The minimum atomic E-state index is -3.77. The van der Waals surface area contributed by atoms with Gasteiger partial charge in [0.05, 0.1) is 16.5 Å². The molecule has 0 saturated carbocycles. The molecule has 0 aromatic heterocycles.